The van der Waals surface area contributed by atoms with Crippen molar-refractivity contribution in [3.05, 3.63) is 185 Å². The Morgan fingerprint density at radius 3 is 1.86 bits per heavy atom. The number of carbonyl (C=O) groups is 1. The molecule has 10 nitrogen and oxygen atoms in total. The molecule has 0 saturated carbocycles. The van der Waals surface area contributed by atoms with Crippen molar-refractivity contribution in [3.63, 3.8) is 0 Å². The number of likely N-dealkylation sites (N-methyl/N-ethyl adjacent to an activating group) is 1. The van der Waals surface area contributed by atoms with Crippen molar-refractivity contribution in [1.29, 1.82) is 0 Å². The number of aromatic nitrogens is 3. The van der Waals surface area contributed by atoms with E-state index in [0.29, 0.717) is 5.39 Å². The topological polar surface area (TPSA) is 112 Å². The van der Waals surface area contributed by atoms with Crippen LogP contribution in [-0.4, -0.2) is 88.1 Å². The Balaban J connectivity index is 0.000000319. The molecule has 0 bridgehead atoms. The van der Waals surface area contributed by atoms with Crippen LogP contribution in [0.4, 0.5) is 0 Å². The first kappa shape index (κ1) is 69.3. The molecule has 2 atom stereocenters. The zero-order chi connectivity index (χ0) is 59.6. The molecule has 12 heteroatoms. The summed E-state index contributed by atoms with van der Waals surface area (Å²) in [7, 11) is 5.59. The summed E-state index contributed by atoms with van der Waals surface area (Å²) < 4.78 is 10.1. The molecule has 10 aromatic rings. The highest BCUT2D eigenvalue weighted by molar-refractivity contribution is 8.03. The number of nitrogens with zero attached hydrogens (tertiary/aromatic N) is 5. The SMILES string of the molecule is CC.CC.CC.CC.CC.CC.CN1C=NC2C=CSC2C1=O.CN1CCNCC1.Cc1ccc2[nH]ccc2c1.Cc1cccc2c1oc1ccccc12.Cc1cccc2c1sc1ccccc12.Cn1cnc2ccccc2c1=O. The van der Waals surface area contributed by atoms with Gasteiger partial charge in [-0.25, -0.2) is 4.98 Å². The van der Waals surface area contributed by atoms with Gasteiger partial charge in [-0.3, -0.25) is 14.6 Å². The van der Waals surface area contributed by atoms with Crippen LogP contribution in [0.5, 0.6) is 0 Å². The lowest BCUT2D eigenvalue weighted by atomic mass is 10.1. The van der Waals surface area contributed by atoms with Crippen molar-refractivity contribution in [2.75, 3.05) is 40.3 Å². The van der Waals surface area contributed by atoms with E-state index in [1.165, 1.54) is 82.5 Å². The van der Waals surface area contributed by atoms with Crippen molar-refractivity contribution in [1.82, 2.24) is 29.7 Å². The predicted molar refractivity (Wildman–Crippen MR) is 357 cm³/mol. The van der Waals surface area contributed by atoms with Gasteiger partial charge in [-0.2, -0.15) is 0 Å². The number of thioether (sulfide) groups is 1. The summed E-state index contributed by atoms with van der Waals surface area (Å²) >= 11 is 3.44. The lowest BCUT2D eigenvalue weighted by Gasteiger charge is -2.23. The molecule has 430 valence electrons. The Hall–Kier alpha value is -6.83. The zero-order valence-corrected chi connectivity index (χ0v) is 53.0. The number of aromatic amines is 1. The van der Waals surface area contributed by atoms with Crippen LogP contribution >= 0.6 is 23.1 Å². The maximum atomic E-state index is 11.5. The molecule has 3 aliphatic heterocycles. The van der Waals surface area contributed by atoms with Crippen LogP contribution in [0.25, 0.3) is 63.9 Å². The van der Waals surface area contributed by atoms with Crippen LogP contribution in [0.1, 0.15) is 99.8 Å². The molecule has 2 unspecified atom stereocenters. The lowest BCUT2D eigenvalue weighted by molar-refractivity contribution is -0.126. The summed E-state index contributed by atoms with van der Waals surface area (Å²) in [6.45, 7) is 35.1. The molecule has 6 aromatic carbocycles. The summed E-state index contributed by atoms with van der Waals surface area (Å²) in [5.41, 5.74) is 7.83. The molecule has 7 heterocycles. The molecule has 1 saturated heterocycles. The van der Waals surface area contributed by atoms with E-state index in [2.05, 4.69) is 144 Å². The van der Waals surface area contributed by atoms with Gasteiger partial charge in [0.25, 0.3) is 5.56 Å². The van der Waals surface area contributed by atoms with Gasteiger partial charge in [-0.05, 0) is 92.2 Å². The normalized spacial score (nSPS) is 14.2. The highest BCUT2D eigenvalue weighted by Crippen LogP contribution is 2.35. The van der Waals surface area contributed by atoms with E-state index in [9.17, 15) is 9.59 Å². The van der Waals surface area contributed by atoms with E-state index in [1.807, 2.05) is 149 Å². The van der Waals surface area contributed by atoms with E-state index in [-0.39, 0.29) is 22.8 Å². The molecule has 3 aliphatic rings. The fraction of sp³-hybridized carbons (Fsp3) is 0.353. The second-order valence-corrected chi connectivity index (χ2v) is 19.1. The van der Waals surface area contributed by atoms with Gasteiger partial charge in [-0.1, -0.05) is 186 Å². The standard InChI is InChI=1S/C13H10O.C13H10S.C9H8N2O.C9H9N.C7H8N2OS.C5H12N2.6C2H6/c2*1-9-5-4-7-11-10-6-2-3-8-12(10)14-13(9)11;1-11-6-10-8-5-3-2-4-7(8)9(11)12;1-7-2-3-9-8(6-7)4-5-10-9;1-9-4-8-5-2-3-11-6(5)7(9)10;1-7-4-2-6-3-5-7;6*1-2/h2*2-8H,1H3;2-6H,1H3;2-6,10H,1H3;2-6H,1H3;6H,2-5H2,1H3;6*1-2H3. The summed E-state index contributed by atoms with van der Waals surface area (Å²) in [4.78, 5) is 38.2. The van der Waals surface area contributed by atoms with Crippen LogP contribution < -0.4 is 10.9 Å². The molecule has 4 aromatic heterocycles. The van der Waals surface area contributed by atoms with E-state index in [0.717, 1.165) is 29.8 Å². The number of hydrogen-bond acceptors (Lipinski definition) is 9. The Kier molecular flexibility index (Phi) is 33.5. The third-order valence-electron chi connectivity index (χ3n) is 11.9. The third-order valence-corrected chi connectivity index (χ3v) is 14.3. The van der Waals surface area contributed by atoms with Crippen molar-refractivity contribution in [3.8, 4) is 0 Å². The second-order valence-electron chi connectivity index (χ2n) is 17.0. The molecule has 0 aliphatic carbocycles. The fourth-order valence-corrected chi connectivity index (χ4v) is 10.2. The number of piperazine rings is 1. The highest BCUT2D eigenvalue weighted by Gasteiger charge is 2.34. The summed E-state index contributed by atoms with van der Waals surface area (Å²) in [5, 5.41) is 12.4. The number of carbonyl (C=O) groups excluding carboxylic acids is 1. The Morgan fingerprint density at radius 1 is 0.613 bits per heavy atom. The van der Waals surface area contributed by atoms with Gasteiger partial charge < -0.3 is 29.1 Å². The zero-order valence-electron chi connectivity index (χ0n) is 51.3. The lowest BCUT2D eigenvalue weighted by Crippen LogP contribution is -2.42. The quantitative estimate of drug-likeness (QED) is 0.156. The molecule has 2 N–H and O–H groups in total. The molecule has 13 rings (SSSR count). The van der Waals surface area contributed by atoms with Crippen LogP contribution in [0, 0.1) is 20.8 Å². The Morgan fingerprint density at radius 2 is 1.20 bits per heavy atom. The van der Waals surface area contributed by atoms with Crippen LogP contribution in [-0.2, 0) is 11.8 Å². The number of amides is 1. The van der Waals surface area contributed by atoms with Gasteiger partial charge in [0.15, 0.2) is 0 Å². The number of benzene rings is 6. The van der Waals surface area contributed by atoms with E-state index >= 15 is 0 Å². The molecular weight excluding hydrogens is 1030 g/mol. The average molecular weight is 1120 g/mol. The maximum absolute atomic E-state index is 11.5. The largest absolute Gasteiger partial charge is 0.456 e. The summed E-state index contributed by atoms with van der Waals surface area (Å²) in [5.74, 6) is 0.153. The van der Waals surface area contributed by atoms with E-state index in [4.69, 9.17) is 4.42 Å². The maximum Gasteiger partial charge on any atom is 0.260 e. The van der Waals surface area contributed by atoms with Gasteiger partial charge >= 0.3 is 0 Å². The number of hydrogen-bond donors (Lipinski definition) is 2. The van der Waals surface area contributed by atoms with Gasteiger partial charge in [0.05, 0.1) is 29.6 Å². The number of aryl methyl sites for hydroxylation is 4. The molecular formula is C68H93N7O3S2. The first-order valence-corrected chi connectivity index (χ1v) is 30.5. The first-order chi connectivity index (χ1) is 39.0. The number of thiophene rings is 1. The van der Waals surface area contributed by atoms with Crippen molar-refractivity contribution >= 4 is 99.3 Å². The number of para-hydroxylation sites is 3. The average Bonchev–Trinajstić information content (AvgIpc) is 4.37. The number of H-pyrrole nitrogens is 1. The monoisotopic (exact) mass is 1120 g/mol. The molecule has 80 heavy (non-hydrogen) atoms. The molecule has 1 amide bonds. The van der Waals surface area contributed by atoms with Crippen LogP contribution in [0.15, 0.2) is 172 Å². The van der Waals surface area contributed by atoms with Crippen molar-refractivity contribution in [2.24, 2.45) is 12.0 Å². The summed E-state index contributed by atoms with van der Waals surface area (Å²) in [6, 6.07) is 45.4. The highest BCUT2D eigenvalue weighted by atomic mass is 32.2. The van der Waals surface area contributed by atoms with Crippen LogP contribution in [0.3, 0.4) is 0 Å². The first-order valence-electron chi connectivity index (χ1n) is 28.7. The number of aliphatic imine (C=N–C) groups is 1. The molecule has 0 spiro atoms. The minimum Gasteiger partial charge on any atom is -0.456 e. The Labute approximate surface area is 487 Å². The van der Waals surface area contributed by atoms with Crippen molar-refractivity contribution in [2.45, 2.75) is 115 Å². The van der Waals surface area contributed by atoms with Gasteiger partial charge in [0.1, 0.15) is 16.4 Å². The fourth-order valence-electron chi connectivity index (χ4n) is 8.04. The van der Waals surface area contributed by atoms with Crippen molar-refractivity contribution < 1.29 is 9.21 Å². The third kappa shape index (κ3) is 19.8. The number of nitrogens with one attached hydrogen (secondary N) is 2. The second kappa shape index (κ2) is 38.7. The van der Waals surface area contributed by atoms with Gasteiger partial charge in [0, 0.05) is 82.9 Å². The Bertz CT molecular complexity index is 3320. The minimum atomic E-state index is 0.000556. The van der Waals surface area contributed by atoms with E-state index < -0.39 is 0 Å². The number of furan rings is 1. The van der Waals surface area contributed by atoms with Gasteiger partial charge in [-0.15, -0.1) is 23.1 Å². The number of rotatable bonds is 0. The van der Waals surface area contributed by atoms with E-state index in [1.54, 1.807) is 43.2 Å². The molecule has 0 radical (unpaired) electrons. The number of fused-ring (bicyclic) bond motifs is 9. The van der Waals surface area contributed by atoms with Gasteiger partial charge in [0.2, 0.25) is 5.91 Å². The summed E-state index contributed by atoms with van der Waals surface area (Å²) in [6.07, 6.45) is 7.06. The smallest absolute Gasteiger partial charge is 0.260 e. The van der Waals surface area contributed by atoms with Crippen LogP contribution in [0.2, 0.25) is 0 Å². The minimum absolute atomic E-state index is 0.000556. The molecule has 1 fully saturated rings. The predicted octanol–water partition coefficient (Wildman–Crippen LogP) is 17.8.